The predicted molar refractivity (Wildman–Crippen MR) is 110 cm³/mol. The summed E-state index contributed by atoms with van der Waals surface area (Å²) in [5, 5.41) is 0. The van der Waals surface area contributed by atoms with Gasteiger partial charge < -0.3 is 4.74 Å². The number of fused-ring (bicyclic) bond motifs is 2. The van der Waals surface area contributed by atoms with Gasteiger partial charge in [0.15, 0.2) is 0 Å². The van der Waals surface area contributed by atoms with E-state index in [9.17, 15) is 0 Å². The van der Waals surface area contributed by atoms with E-state index in [0.717, 1.165) is 49.2 Å². The molecule has 0 radical (unpaired) electrons. The summed E-state index contributed by atoms with van der Waals surface area (Å²) >= 11 is 0. The Morgan fingerprint density at radius 3 is 2.59 bits per heavy atom. The van der Waals surface area contributed by atoms with Crippen LogP contribution in [0.4, 0.5) is 4.39 Å². The molecule has 0 spiro atoms. The summed E-state index contributed by atoms with van der Waals surface area (Å²) < 4.78 is 20.9. The van der Waals surface area contributed by atoms with Gasteiger partial charge in [-0.3, -0.25) is 0 Å². The van der Waals surface area contributed by atoms with Gasteiger partial charge in [0, 0.05) is 6.61 Å². The van der Waals surface area contributed by atoms with E-state index < -0.39 is 0 Å². The molecule has 2 heteroatoms. The van der Waals surface area contributed by atoms with Crippen molar-refractivity contribution < 1.29 is 9.13 Å². The van der Waals surface area contributed by atoms with E-state index in [1.165, 1.54) is 62.5 Å². The molecule has 5 atom stereocenters. The third-order valence-corrected chi connectivity index (χ3v) is 7.75. The average molecular weight is 373 g/mol. The van der Waals surface area contributed by atoms with E-state index in [1.807, 2.05) is 6.07 Å². The number of benzene rings is 1. The van der Waals surface area contributed by atoms with Gasteiger partial charge in [-0.2, -0.15) is 0 Å². The van der Waals surface area contributed by atoms with Gasteiger partial charge in [0.2, 0.25) is 0 Å². The van der Waals surface area contributed by atoms with Gasteiger partial charge in [-0.15, -0.1) is 0 Å². The van der Waals surface area contributed by atoms with Crippen molar-refractivity contribution in [3.8, 4) is 0 Å². The lowest BCUT2D eigenvalue weighted by Gasteiger charge is -2.42. The maximum Gasteiger partial charge on any atom is 0.126 e. The van der Waals surface area contributed by atoms with Crippen molar-refractivity contribution in [2.24, 2.45) is 17.8 Å². The highest BCUT2D eigenvalue weighted by molar-refractivity contribution is 5.37. The number of halogens is 1. The van der Waals surface area contributed by atoms with E-state index >= 15 is 4.39 Å². The molecule has 2 saturated carbocycles. The van der Waals surface area contributed by atoms with Gasteiger partial charge in [-0.1, -0.05) is 25.8 Å². The van der Waals surface area contributed by atoms with Crippen LogP contribution in [0.25, 0.3) is 0 Å². The van der Waals surface area contributed by atoms with Crippen LogP contribution in [-0.2, 0) is 17.6 Å². The lowest BCUT2D eigenvalue weighted by atomic mass is 9.65. The number of rotatable bonds is 5. The Morgan fingerprint density at radius 2 is 1.78 bits per heavy atom. The van der Waals surface area contributed by atoms with Crippen molar-refractivity contribution in [3.05, 3.63) is 34.6 Å². The summed E-state index contributed by atoms with van der Waals surface area (Å²) in [7, 11) is 0. The van der Waals surface area contributed by atoms with Crippen LogP contribution >= 0.6 is 0 Å². The van der Waals surface area contributed by atoms with Crippen LogP contribution in [0.5, 0.6) is 0 Å². The van der Waals surface area contributed by atoms with Gasteiger partial charge in [0.1, 0.15) is 5.82 Å². The summed E-state index contributed by atoms with van der Waals surface area (Å²) in [6.07, 6.45) is 13.9. The van der Waals surface area contributed by atoms with Crippen molar-refractivity contribution in [1.82, 2.24) is 0 Å². The summed E-state index contributed by atoms with van der Waals surface area (Å²) in [5.74, 6) is 2.88. The Labute approximate surface area is 165 Å². The van der Waals surface area contributed by atoms with Gasteiger partial charge in [-0.05, 0) is 111 Å². The molecule has 1 nitrogen and oxygen atoms in total. The second-order valence-corrected chi connectivity index (χ2v) is 9.46. The van der Waals surface area contributed by atoms with Crippen LogP contribution in [-0.4, -0.2) is 12.7 Å². The molecule has 0 saturated heterocycles. The molecule has 5 unspecified atom stereocenters. The molecule has 3 aliphatic carbocycles. The van der Waals surface area contributed by atoms with Crippen LogP contribution in [0.15, 0.2) is 12.1 Å². The predicted octanol–water partition coefficient (Wildman–Crippen LogP) is 6.82. The maximum absolute atomic E-state index is 15.0. The summed E-state index contributed by atoms with van der Waals surface area (Å²) in [4.78, 5) is 0. The third-order valence-electron chi connectivity index (χ3n) is 7.75. The third kappa shape index (κ3) is 4.26. The maximum atomic E-state index is 15.0. The van der Waals surface area contributed by atoms with Crippen molar-refractivity contribution in [2.75, 3.05) is 6.61 Å². The molecule has 4 rings (SSSR count). The molecular formula is C25H37FO. The molecule has 2 fully saturated rings. The summed E-state index contributed by atoms with van der Waals surface area (Å²) in [6.45, 7) is 5.20. The van der Waals surface area contributed by atoms with Crippen LogP contribution in [0.2, 0.25) is 0 Å². The highest BCUT2D eigenvalue weighted by Crippen LogP contribution is 2.47. The van der Waals surface area contributed by atoms with Crippen LogP contribution < -0.4 is 0 Å². The summed E-state index contributed by atoms with van der Waals surface area (Å²) in [6, 6.07) is 4.17. The monoisotopic (exact) mass is 372 g/mol. The average Bonchev–Trinajstić information content (AvgIpc) is 2.67. The van der Waals surface area contributed by atoms with Crippen molar-refractivity contribution in [3.63, 3.8) is 0 Å². The SMILES string of the molecule is CCCC1CCc2cc(C3CCC4CC(OCC)CCC4C3)c(F)cc2C1. The fourth-order valence-electron chi connectivity index (χ4n) is 6.36. The number of hydrogen-bond acceptors (Lipinski definition) is 1. The zero-order valence-corrected chi connectivity index (χ0v) is 17.3. The van der Waals surface area contributed by atoms with Gasteiger partial charge >= 0.3 is 0 Å². The van der Waals surface area contributed by atoms with Gasteiger partial charge in [0.05, 0.1) is 6.10 Å². The molecule has 27 heavy (non-hydrogen) atoms. The van der Waals surface area contributed by atoms with E-state index in [-0.39, 0.29) is 5.82 Å². The molecule has 150 valence electrons. The zero-order valence-electron chi connectivity index (χ0n) is 17.3. The van der Waals surface area contributed by atoms with Gasteiger partial charge in [-0.25, -0.2) is 4.39 Å². The van der Waals surface area contributed by atoms with Crippen molar-refractivity contribution in [2.45, 2.75) is 96.5 Å². The normalized spacial score (nSPS) is 33.4. The first kappa shape index (κ1) is 19.4. The van der Waals surface area contributed by atoms with Crippen LogP contribution in [0, 0.1) is 23.6 Å². The fraction of sp³-hybridized carbons (Fsp3) is 0.760. The topological polar surface area (TPSA) is 9.23 Å². The fourth-order valence-corrected chi connectivity index (χ4v) is 6.36. The molecular weight excluding hydrogens is 335 g/mol. The highest BCUT2D eigenvalue weighted by Gasteiger charge is 2.37. The first-order chi connectivity index (χ1) is 13.2. The number of hydrogen-bond donors (Lipinski definition) is 0. The Bertz CT molecular complexity index is 639. The molecule has 0 amide bonds. The molecule has 0 aliphatic heterocycles. The first-order valence-corrected chi connectivity index (χ1v) is 11.6. The molecule has 1 aromatic rings. The molecule has 0 aromatic heterocycles. The Morgan fingerprint density at radius 1 is 0.963 bits per heavy atom. The quantitative estimate of drug-likeness (QED) is 0.551. The number of aryl methyl sites for hydroxylation is 1. The van der Waals surface area contributed by atoms with Crippen LogP contribution in [0.1, 0.15) is 94.2 Å². The largest absolute Gasteiger partial charge is 0.378 e. The Balaban J connectivity index is 1.44. The molecule has 0 N–H and O–H groups in total. The lowest BCUT2D eigenvalue weighted by molar-refractivity contribution is -0.00969. The number of ether oxygens (including phenoxy) is 1. The standard InChI is InChI=1S/C25H37FO/c1-3-5-17-6-7-20-15-24(25(26)16-22(20)12-17)21-9-8-19-14-23(27-4-2)11-10-18(19)13-21/h15-19,21,23H,3-14H2,1-2H3. The molecule has 0 bridgehead atoms. The molecule has 3 aliphatic rings. The first-order valence-electron chi connectivity index (χ1n) is 11.6. The minimum absolute atomic E-state index is 0.0809. The van der Waals surface area contributed by atoms with Crippen LogP contribution in [0.3, 0.4) is 0 Å². The lowest BCUT2D eigenvalue weighted by Crippen LogP contribution is -2.34. The van der Waals surface area contributed by atoms with E-state index in [1.54, 1.807) is 0 Å². The highest BCUT2D eigenvalue weighted by atomic mass is 19.1. The minimum Gasteiger partial charge on any atom is -0.378 e. The smallest absolute Gasteiger partial charge is 0.126 e. The summed E-state index contributed by atoms with van der Waals surface area (Å²) in [5.41, 5.74) is 3.78. The molecule has 0 heterocycles. The van der Waals surface area contributed by atoms with E-state index in [2.05, 4.69) is 19.9 Å². The van der Waals surface area contributed by atoms with Crippen molar-refractivity contribution >= 4 is 0 Å². The Hall–Kier alpha value is -0.890. The second-order valence-electron chi connectivity index (χ2n) is 9.46. The van der Waals surface area contributed by atoms with Gasteiger partial charge in [0.25, 0.3) is 0 Å². The minimum atomic E-state index is 0.0809. The van der Waals surface area contributed by atoms with E-state index in [0.29, 0.717) is 12.0 Å². The van der Waals surface area contributed by atoms with E-state index in [4.69, 9.17) is 4.74 Å². The zero-order chi connectivity index (χ0) is 18.8. The molecule has 1 aromatic carbocycles. The Kier molecular flexibility index (Phi) is 6.21. The second kappa shape index (κ2) is 8.64. The van der Waals surface area contributed by atoms with Crippen molar-refractivity contribution in [1.29, 1.82) is 0 Å².